The van der Waals surface area contributed by atoms with Crippen molar-refractivity contribution in [3.63, 3.8) is 0 Å². The van der Waals surface area contributed by atoms with Gasteiger partial charge in [0.2, 0.25) is 5.91 Å². The van der Waals surface area contributed by atoms with Gasteiger partial charge in [-0.25, -0.2) is 0 Å². The third-order valence-corrected chi connectivity index (χ3v) is 3.03. The molecule has 0 aromatic heterocycles. The summed E-state index contributed by atoms with van der Waals surface area (Å²) in [6.45, 7) is 5.31. The van der Waals surface area contributed by atoms with Crippen molar-refractivity contribution in [2.75, 3.05) is 27.2 Å². The Morgan fingerprint density at radius 3 is 2.71 bits per heavy atom. The first kappa shape index (κ1) is 11.5. The summed E-state index contributed by atoms with van der Waals surface area (Å²) in [5.41, 5.74) is -0.0499. The summed E-state index contributed by atoms with van der Waals surface area (Å²) in [5.74, 6) is 0.102. The summed E-state index contributed by atoms with van der Waals surface area (Å²) < 4.78 is 5.47. The van der Waals surface area contributed by atoms with Gasteiger partial charge in [-0.1, -0.05) is 0 Å². The molecule has 2 atom stereocenters. The lowest BCUT2D eigenvalue weighted by Gasteiger charge is -2.29. The van der Waals surface area contributed by atoms with Gasteiger partial charge in [-0.05, 0) is 20.3 Å². The molecule has 0 aromatic carbocycles. The number of nitrogens with zero attached hydrogens (tertiary/aromatic N) is 1. The zero-order chi connectivity index (χ0) is 10.8. The van der Waals surface area contributed by atoms with E-state index in [4.69, 9.17) is 4.74 Å². The first-order valence-electron chi connectivity index (χ1n) is 5.02. The predicted molar refractivity (Wildman–Crippen MR) is 55.1 cm³/mol. The van der Waals surface area contributed by atoms with Gasteiger partial charge >= 0.3 is 0 Å². The Morgan fingerprint density at radius 1 is 1.64 bits per heavy atom. The fraction of sp³-hybridized carbons (Fsp3) is 0.900. The molecule has 0 saturated carbocycles. The molecule has 0 radical (unpaired) electrons. The fourth-order valence-electron chi connectivity index (χ4n) is 1.50. The SMILES string of the molecule is CC1OCCC1(C)NCC(=O)N(C)C. The average Bonchev–Trinajstić information content (AvgIpc) is 2.44. The van der Waals surface area contributed by atoms with Crippen LogP contribution in [0.1, 0.15) is 20.3 Å². The van der Waals surface area contributed by atoms with E-state index in [0.717, 1.165) is 13.0 Å². The molecule has 1 saturated heterocycles. The molecule has 1 fully saturated rings. The first-order chi connectivity index (χ1) is 6.46. The summed E-state index contributed by atoms with van der Waals surface area (Å²) in [7, 11) is 3.53. The van der Waals surface area contributed by atoms with Crippen molar-refractivity contribution in [3.05, 3.63) is 0 Å². The molecule has 1 rings (SSSR count). The van der Waals surface area contributed by atoms with Crippen LogP contribution in [0.2, 0.25) is 0 Å². The van der Waals surface area contributed by atoms with E-state index >= 15 is 0 Å². The van der Waals surface area contributed by atoms with E-state index in [9.17, 15) is 4.79 Å². The van der Waals surface area contributed by atoms with Crippen molar-refractivity contribution < 1.29 is 9.53 Å². The standard InChI is InChI=1S/C10H20N2O2/c1-8-10(2,5-6-14-8)11-7-9(13)12(3)4/h8,11H,5-7H2,1-4H3. The van der Waals surface area contributed by atoms with Crippen LogP contribution in [0.3, 0.4) is 0 Å². The minimum Gasteiger partial charge on any atom is -0.377 e. The molecule has 4 heteroatoms. The lowest BCUT2D eigenvalue weighted by Crippen LogP contribution is -2.51. The number of hydrogen-bond donors (Lipinski definition) is 1. The molecule has 1 aliphatic rings. The van der Waals surface area contributed by atoms with Crippen molar-refractivity contribution in [2.45, 2.75) is 31.9 Å². The van der Waals surface area contributed by atoms with E-state index < -0.39 is 0 Å². The number of likely N-dealkylation sites (N-methyl/N-ethyl adjacent to an activating group) is 1. The molecule has 82 valence electrons. The van der Waals surface area contributed by atoms with Crippen molar-refractivity contribution in [1.29, 1.82) is 0 Å². The van der Waals surface area contributed by atoms with E-state index in [0.29, 0.717) is 6.54 Å². The summed E-state index contributed by atoms with van der Waals surface area (Å²) in [4.78, 5) is 13.0. The Morgan fingerprint density at radius 2 is 2.29 bits per heavy atom. The average molecular weight is 200 g/mol. The van der Waals surface area contributed by atoms with Gasteiger partial charge < -0.3 is 15.0 Å². The van der Waals surface area contributed by atoms with Gasteiger partial charge in [0.15, 0.2) is 0 Å². The fourth-order valence-corrected chi connectivity index (χ4v) is 1.50. The summed E-state index contributed by atoms with van der Waals surface area (Å²) in [6, 6.07) is 0. The highest BCUT2D eigenvalue weighted by atomic mass is 16.5. The molecule has 0 spiro atoms. The summed E-state index contributed by atoms with van der Waals surface area (Å²) in [5, 5.41) is 3.27. The van der Waals surface area contributed by atoms with Gasteiger partial charge in [-0.2, -0.15) is 0 Å². The second-order valence-corrected chi connectivity index (χ2v) is 4.32. The Kier molecular flexibility index (Phi) is 3.50. The first-order valence-corrected chi connectivity index (χ1v) is 5.02. The Hall–Kier alpha value is -0.610. The van der Waals surface area contributed by atoms with Gasteiger partial charge in [-0.15, -0.1) is 0 Å². The van der Waals surface area contributed by atoms with Crippen LogP contribution in [0, 0.1) is 0 Å². The van der Waals surface area contributed by atoms with E-state index in [1.165, 1.54) is 0 Å². The molecule has 1 amide bonds. The van der Waals surface area contributed by atoms with E-state index in [1.54, 1.807) is 19.0 Å². The Bertz CT molecular complexity index is 218. The van der Waals surface area contributed by atoms with Crippen LogP contribution in [0.25, 0.3) is 0 Å². The number of carbonyl (C=O) groups excluding carboxylic acids is 1. The number of nitrogens with one attached hydrogen (secondary N) is 1. The van der Waals surface area contributed by atoms with E-state index in [1.807, 2.05) is 6.92 Å². The molecule has 4 nitrogen and oxygen atoms in total. The van der Waals surface area contributed by atoms with E-state index in [2.05, 4.69) is 12.2 Å². The number of ether oxygens (including phenoxy) is 1. The quantitative estimate of drug-likeness (QED) is 0.709. The van der Waals surface area contributed by atoms with Crippen LogP contribution in [0.4, 0.5) is 0 Å². The second kappa shape index (κ2) is 4.28. The van der Waals surface area contributed by atoms with Crippen LogP contribution in [0.5, 0.6) is 0 Å². The van der Waals surface area contributed by atoms with Gasteiger partial charge in [0, 0.05) is 26.2 Å². The molecule has 2 unspecified atom stereocenters. The van der Waals surface area contributed by atoms with Gasteiger partial charge in [0.1, 0.15) is 0 Å². The van der Waals surface area contributed by atoms with Crippen LogP contribution in [-0.4, -0.2) is 49.7 Å². The largest absolute Gasteiger partial charge is 0.377 e. The number of rotatable bonds is 3. The molecule has 0 aromatic rings. The van der Waals surface area contributed by atoms with Crippen LogP contribution >= 0.6 is 0 Å². The highest BCUT2D eigenvalue weighted by molar-refractivity contribution is 5.77. The molecule has 0 aliphatic carbocycles. The molecule has 1 aliphatic heterocycles. The van der Waals surface area contributed by atoms with E-state index in [-0.39, 0.29) is 17.6 Å². The lowest BCUT2D eigenvalue weighted by atomic mass is 9.95. The maximum Gasteiger partial charge on any atom is 0.236 e. The predicted octanol–water partition coefficient (Wildman–Crippen LogP) is 0.232. The van der Waals surface area contributed by atoms with Crippen molar-refractivity contribution in [3.8, 4) is 0 Å². The van der Waals surface area contributed by atoms with Gasteiger partial charge in [-0.3, -0.25) is 4.79 Å². The number of amides is 1. The molecular weight excluding hydrogens is 180 g/mol. The van der Waals surface area contributed by atoms with Crippen molar-refractivity contribution in [2.24, 2.45) is 0 Å². The summed E-state index contributed by atoms with van der Waals surface area (Å²) >= 11 is 0. The second-order valence-electron chi connectivity index (χ2n) is 4.32. The zero-order valence-corrected chi connectivity index (χ0v) is 9.46. The minimum atomic E-state index is -0.0499. The molecule has 14 heavy (non-hydrogen) atoms. The Balaban J connectivity index is 2.40. The highest BCUT2D eigenvalue weighted by Crippen LogP contribution is 2.24. The monoisotopic (exact) mass is 200 g/mol. The number of hydrogen-bond acceptors (Lipinski definition) is 3. The van der Waals surface area contributed by atoms with Gasteiger partial charge in [0.25, 0.3) is 0 Å². The number of carbonyl (C=O) groups is 1. The van der Waals surface area contributed by atoms with Crippen LogP contribution in [0.15, 0.2) is 0 Å². The smallest absolute Gasteiger partial charge is 0.236 e. The van der Waals surface area contributed by atoms with Crippen LogP contribution in [-0.2, 0) is 9.53 Å². The lowest BCUT2D eigenvalue weighted by molar-refractivity contribution is -0.128. The normalized spacial score (nSPS) is 31.9. The third kappa shape index (κ3) is 2.45. The minimum absolute atomic E-state index is 0.0499. The van der Waals surface area contributed by atoms with Crippen molar-refractivity contribution >= 4 is 5.91 Å². The molecule has 0 bridgehead atoms. The maximum absolute atomic E-state index is 11.4. The Labute approximate surface area is 85.6 Å². The summed E-state index contributed by atoms with van der Waals surface area (Å²) in [6.07, 6.45) is 1.15. The van der Waals surface area contributed by atoms with Crippen molar-refractivity contribution in [1.82, 2.24) is 10.2 Å². The third-order valence-electron chi connectivity index (χ3n) is 3.03. The maximum atomic E-state index is 11.4. The molecular formula is C10H20N2O2. The molecule has 1 N–H and O–H groups in total. The zero-order valence-electron chi connectivity index (χ0n) is 9.46. The molecule has 1 heterocycles. The highest BCUT2D eigenvalue weighted by Gasteiger charge is 2.36. The topological polar surface area (TPSA) is 41.6 Å². The van der Waals surface area contributed by atoms with Gasteiger partial charge in [0.05, 0.1) is 12.6 Å². The van der Waals surface area contributed by atoms with Crippen LogP contribution < -0.4 is 5.32 Å².